The number of para-hydroxylation sites is 1. The predicted molar refractivity (Wildman–Crippen MR) is 104 cm³/mol. The number of thioether (sulfide) groups is 1. The molecular formula is C20H21FN2O2S. The van der Waals surface area contributed by atoms with Gasteiger partial charge >= 0.3 is 0 Å². The Bertz CT molecular complexity index is 825. The highest BCUT2D eigenvalue weighted by atomic mass is 32.2. The molecule has 1 atom stereocenters. The Kier molecular flexibility index (Phi) is 5.61. The van der Waals surface area contributed by atoms with Gasteiger partial charge in [0, 0.05) is 12.1 Å². The number of hydrogen-bond acceptors (Lipinski definition) is 3. The molecule has 1 aliphatic heterocycles. The lowest BCUT2D eigenvalue weighted by Crippen LogP contribution is -2.28. The molecule has 6 heteroatoms. The Hall–Kier alpha value is -2.34. The van der Waals surface area contributed by atoms with Crippen molar-refractivity contribution >= 4 is 35.0 Å². The molecule has 2 aromatic carbocycles. The van der Waals surface area contributed by atoms with Crippen molar-refractivity contribution in [2.24, 2.45) is 5.92 Å². The van der Waals surface area contributed by atoms with Crippen LogP contribution < -0.4 is 10.2 Å². The van der Waals surface area contributed by atoms with E-state index in [1.807, 2.05) is 38.1 Å². The molecular weight excluding hydrogens is 351 g/mol. The molecule has 1 heterocycles. The normalized spacial score (nSPS) is 17.0. The van der Waals surface area contributed by atoms with Gasteiger partial charge in [-0.25, -0.2) is 4.39 Å². The first kappa shape index (κ1) is 18.5. The number of rotatable bonds is 5. The lowest BCUT2D eigenvalue weighted by atomic mass is 10.1. The second kappa shape index (κ2) is 7.91. The zero-order valence-corrected chi connectivity index (χ0v) is 15.6. The van der Waals surface area contributed by atoms with E-state index < -0.39 is 5.82 Å². The van der Waals surface area contributed by atoms with E-state index in [0.717, 1.165) is 5.56 Å². The van der Waals surface area contributed by atoms with Crippen LogP contribution in [0.4, 0.5) is 15.8 Å². The molecule has 136 valence electrons. The molecule has 0 radical (unpaired) electrons. The van der Waals surface area contributed by atoms with E-state index in [1.54, 1.807) is 18.2 Å². The summed E-state index contributed by atoms with van der Waals surface area (Å²) in [5.41, 5.74) is 1.81. The number of benzene rings is 2. The van der Waals surface area contributed by atoms with E-state index in [2.05, 4.69) is 5.32 Å². The van der Waals surface area contributed by atoms with Gasteiger partial charge in [0.15, 0.2) is 0 Å². The number of nitrogens with zero attached hydrogens (tertiary/aromatic N) is 1. The highest BCUT2D eigenvalue weighted by Crippen LogP contribution is 2.42. The summed E-state index contributed by atoms with van der Waals surface area (Å²) in [6.07, 6.45) is 0.447. The number of anilines is 2. The Labute approximate surface area is 156 Å². The number of carbonyl (C=O) groups excluding carboxylic acids is 2. The second-order valence-corrected chi connectivity index (χ2v) is 7.72. The molecule has 1 aliphatic rings. The van der Waals surface area contributed by atoms with Crippen molar-refractivity contribution in [3.8, 4) is 0 Å². The quantitative estimate of drug-likeness (QED) is 0.835. The zero-order valence-electron chi connectivity index (χ0n) is 14.7. The summed E-state index contributed by atoms with van der Waals surface area (Å²) >= 11 is 1.45. The highest BCUT2D eigenvalue weighted by molar-refractivity contribution is 8.00. The maximum absolute atomic E-state index is 14.2. The Morgan fingerprint density at radius 1 is 1.27 bits per heavy atom. The van der Waals surface area contributed by atoms with Gasteiger partial charge in [-0.2, -0.15) is 0 Å². The molecule has 0 saturated carbocycles. The van der Waals surface area contributed by atoms with Gasteiger partial charge in [-0.15, -0.1) is 11.8 Å². The van der Waals surface area contributed by atoms with Crippen molar-refractivity contribution in [2.75, 3.05) is 16.0 Å². The minimum atomic E-state index is -0.422. The van der Waals surface area contributed by atoms with Crippen LogP contribution in [-0.4, -0.2) is 17.6 Å². The first-order valence-corrected chi connectivity index (χ1v) is 9.58. The van der Waals surface area contributed by atoms with Crippen molar-refractivity contribution in [3.63, 3.8) is 0 Å². The van der Waals surface area contributed by atoms with Gasteiger partial charge < -0.3 is 5.32 Å². The third kappa shape index (κ3) is 4.07. The standard InChI is InChI=1S/C20H21FN2O2S/c1-13(2)10-18(24)22-15-7-5-6-14(11-15)20-23(19(25)12-26-20)17-9-4-3-8-16(17)21/h3-9,11,13,20H,10,12H2,1-2H3,(H,22,24). The van der Waals surface area contributed by atoms with Gasteiger partial charge in [0.05, 0.1) is 11.4 Å². The SMILES string of the molecule is CC(C)CC(=O)Nc1cccc(C2SCC(=O)N2c2ccccc2F)c1. The van der Waals surface area contributed by atoms with Crippen LogP contribution in [0.15, 0.2) is 48.5 Å². The molecule has 2 amide bonds. The van der Waals surface area contributed by atoms with Gasteiger partial charge in [-0.05, 0) is 35.7 Å². The van der Waals surface area contributed by atoms with Crippen molar-refractivity contribution in [3.05, 3.63) is 59.9 Å². The van der Waals surface area contributed by atoms with Crippen LogP contribution in [0.5, 0.6) is 0 Å². The van der Waals surface area contributed by atoms with Gasteiger partial charge in [-0.3, -0.25) is 14.5 Å². The molecule has 3 rings (SSSR count). The minimum absolute atomic E-state index is 0.0433. The summed E-state index contributed by atoms with van der Waals surface area (Å²) in [4.78, 5) is 25.9. The molecule has 26 heavy (non-hydrogen) atoms. The van der Waals surface area contributed by atoms with E-state index in [9.17, 15) is 14.0 Å². The zero-order chi connectivity index (χ0) is 18.7. The molecule has 0 aliphatic carbocycles. The smallest absolute Gasteiger partial charge is 0.238 e. The van der Waals surface area contributed by atoms with Crippen molar-refractivity contribution in [2.45, 2.75) is 25.6 Å². The lowest BCUT2D eigenvalue weighted by Gasteiger charge is -2.25. The van der Waals surface area contributed by atoms with Gasteiger partial charge in [-0.1, -0.05) is 38.1 Å². The number of amides is 2. The Morgan fingerprint density at radius 2 is 2.04 bits per heavy atom. The van der Waals surface area contributed by atoms with E-state index in [4.69, 9.17) is 0 Å². The first-order valence-electron chi connectivity index (χ1n) is 8.53. The average Bonchev–Trinajstić information content (AvgIpc) is 2.96. The molecule has 1 unspecified atom stereocenters. The molecule has 0 spiro atoms. The molecule has 1 saturated heterocycles. The lowest BCUT2D eigenvalue weighted by molar-refractivity contribution is -0.117. The summed E-state index contributed by atoms with van der Waals surface area (Å²) in [6.45, 7) is 3.98. The van der Waals surface area contributed by atoms with E-state index in [-0.39, 0.29) is 28.8 Å². The third-order valence-electron chi connectivity index (χ3n) is 4.03. The predicted octanol–water partition coefficient (Wildman–Crippen LogP) is 4.59. The number of halogens is 1. The molecule has 1 N–H and O–H groups in total. The maximum Gasteiger partial charge on any atom is 0.238 e. The fraction of sp³-hybridized carbons (Fsp3) is 0.300. The average molecular weight is 372 g/mol. The van der Waals surface area contributed by atoms with Gasteiger partial charge in [0.2, 0.25) is 11.8 Å². The molecule has 2 aromatic rings. The number of nitrogens with one attached hydrogen (secondary N) is 1. The summed E-state index contributed by atoms with van der Waals surface area (Å²) in [6, 6.07) is 13.7. The fourth-order valence-corrected chi connectivity index (χ4v) is 4.09. The summed E-state index contributed by atoms with van der Waals surface area (Å²) in [5, 5.41) is 2.57. The van der Waals surface area contributed by atoms with E-state index in [1.165, 1.54) is 22.7 Å². The van der Waals surface area contributed by atoms with Crippen LogP contribution >= 0.6 is 11.8 Å². The van der Waals surface area contributed by atoms with Crippen LogP contribution in [0.2, 0.25) is 0 Å². The first-order chi connectivity index (χ1) is 12.5. The molecule has 4 nitrogen and oxygen atoms in total. The molecule has 1 fully saturated rings. The van der Waals surface area contributed by atoms with Crippen molar-refractivity contribution in [1.29, 1.82) is 0 Å². The van der Waals surface area contributed by atoms with Crippen LogP contribution in [0, 0.1) is 11.7 Å². The van der Waals surface area contributed by atoms with Crippen molar-refractivity contribution < 1.29 is 14.0 Å². The largest absolute Gasteiger partial charge is 0.326 e. The van der Waals surface area contributed by atoms with Crippen LogP contribution in [0.25, 0.3) is 0 Å². The minimum Gasteiger partial charge on any atom is -0.326 e. The Morgan fingerprint density at radius 3 is 2.77 bits per heavy atom. The number of hydrogen-bond donors (Lipinski definition) is 1. The van der Waals surface area contributed by atoms with E-state index >= 15 is 0 Å². The topological polar surface area (TPSA) is 49.4 Å². The summed E-state index contributed by atoms with van der Waals surface area (Å²) in [5.74, 6) is -0.0202. The van der Waals surface area contributed by atoms with Crippen LogP contribution in [0.3, 0.4) is 0 Å². The fourth-order valence-electron chi connectivity index (χ4n) is 2.93. The Balaban J connectivity index is 1.86. The molecule has 0 aromatic heterocycles. The van der Waals surface area contributed by atoms with Crippen LogP contribution in [-0.2, 0) is 9.59 Å². The van der Waals surface area contributed by atoms with Crippen molar-refractivity contribution in [1.82, 2.24) is 0 Å². The van der Waals surface area contributed by atoms with Crippen LogP contribution in [0.1, 0.15) is 31.2 Å². The summed E-state index contributed by atoms with van der Waals surface area (Å²) in [7, 11) is 0. The highest BCUT2D eigenvalue weighted by Gasteiger charge is 2.35. The maximum atomic E-state index is 14.2. The monoisotopic (exact) mass is 372 g/mol. The number of carbonyl (C=O) groups is 2. The van der Waals surface area contributed by atoms with Gasteiger partial charge in [0.1, 0.15) is 11.2 Å². The van der Waals surface area contributed by atoms with Gasteiger partial charge in [0.25, 0.3) is 0 Å². The third-order valence-corrected chi connectivity index (χ3v) is 5.24. The van der Waals surface area contributed by atoms with E-state index in [0.29, 0.717) is 17.9 Å². The second-order valence-electron chi connectivity index (χ2n) is 6.65. The summed E-state index contributed by atoms with van der Waals surface area (Å²) < 4.78 is 14.2. The molecule has 0 bridgehead atoms.